The molecule has 4 nitrogen and oxygen atoms in total. The normalized spacial score (nSPS) is 25.0. The SMILES string of the molecule is CC[C@H]1CCCCN1C(=O)[C@H]1CC(=O)N(c2ccc(F)cc2)C1. The van der Waals surface area contributed by atoms with E-state index in [2.05, 4.69) is 6.92 Å². The van der Waals surface area contributed by atoms with E-state index in [9.17, 15) is 14.0 Å². The number of halogens is 1. The number of rotatable bonds is 3. The van der Waals surface area contributed by atoms with Crippen molar-refractivity contribution in [2.45, 2.75) is 45.1 Å². The largest absolute Gasteiger partial charge is 0.339 e. The van der Waals surface area contributed by atoms with Gasteiger partial charge in [-0.2, -0.15) is 0 Å². The van der Waals surface area contributed by atoms with Gasteiger partial charge in [-0.1, -0.05) is 6.92 Å². The van der Waals surface area contributed by atoms with Gasteiger partial charge in [-0.25, -0.2) is 4.39 Å². The minimum atomic E-state index is -0.327. The van der Waals surface area contributed by atoms with Gasteiger partial charge in [0.05, 0.1) is 5.92 Å². The predicted molar refractivity (Wildman–Crippen MR) is 86.5 cm³/mol. The van der Waals surface area contributed by atoms with Crippen LogP contribution < -0.4 is 4.90 Å². The Hall–Kier alpha value is -1.91. The van der Waals surface area contributed by atoms with Crippen LogP contribution in [0.5, 0.6) is 0 Å². The molecule has 0 spiro atoms. The first kappa shape index (κ1) is 16.0. The number of amides is 2. The lowest BCUT2D eigenvalue weighted by Gasteiger charge is -2.36. The van der Waals surface area contributed by atoms with Crippen molar-refractivity contribution in [1.82, 2.24) is 4.90 Å². The molecule has 2 heterocycles. The third-order valence-electron chi connectivity index (χ3n) is 4.99. The maximum Gasteiger partial charge on any atom is 0.228 e. The molecule has 5 heteroatoms. The number of nitrogens with zero attached hydrogens (tertiary/aromatic N) is 2. The standard InChI is InChI=1S/C18H23FN2O2/c1-2-15-5-3-4-10-20(15)18(23)13-11-17(22)21(12-13)16-8-6-14(19)7-9-16/h6-9,13,15H,2-5,10-12H2,1H3/t13-,15-/m0/s1. The number of benzene rings is 1. The van der Waals surface area contributed by atoms with Crippen LogP contribution in [0.25, 0.3) is 0 Å². The monoisotopic (exact) mass is 318 g/mol. The summed E-state index contributed by atoms with van der Waals surface area (Å²) in [6.45, 7) is 3.32. The van der Waals surface area contributed by atoms with E-state index in [-0.39, 0.29) is 30.0 Å². The Balaban J connectivity index is 1.71. The maximum absolute atomic E-state index is 13.0. The molecule has 0 aliphatic carbocycles. The molecule has 2 saturated heterocycles. The number of piperidine rings is 1. The lowest BCUT2D eigenvalue weighted by molar-refractivity contribution is -0.139. The summed E-state index contributed by atoms with van der Waals surface area (Å²) in [5.41, 5.74) is 0.664. The van der Waals surface area contributed by atoms with Crippen molar-refractivity contribution >= 4 is 17.5 Å². The first-order chi connectivity index (χ1) is 11.1. The number of anilines is 1. The zero-order valence-electron chi connectivity index (χ0n) is 13.5. The molecule has 23 heavy (non-hydrogen) atoms. The third kappa shape index (κ3) is 3.23. The van der Waals surface area contributed by atoms with Crippen LogP contribution in [0.2, 0.25) is 0 Å². The minimum Gasteiger partial charge on any atom is -0.339 e. The number of hydrogen-bond acceptors (Lipinski definition) is 2. The summed E-state index contributed by atoms with van der Waals surface area (Å²) in [5.74, 6) is -0.554. The van der Waals surface area contributed by atoms with E-state index in [0.29, 0.717) is 18.3 Å². The van der Waals surface area contributed by atoms with Crippen LogP contribution in [-0.2, 0) is 9.59 Å². The first-order valence-electron chi connectivity index (χ1n) is 8.46. The molecule has 0 saturated carbocycles. The molecule has 0 unspecified atom stereocenters. The van der Waals surface area contributed by atoms with Gasteiger partial charge in [-0.15, -0.1) is 0 Å². The molecule has 2 aliphatic heterocycles. The van der Waals surface area contributed by atoms with Crippen LogP contribution in [0.15, 0.2) is 24.3 Å². The van der Waals surface area contributed by atoms with Crippen molar-refractivity contribution in [3.05, 3.63) is 30.1 Å². The summed E-state index contributed by atoms with van der Waals surface area (Å²) in [7, 11) is 0. The topological polar surface area (TPSA) is 40.6 Å². The van der Waals surface area contributed by atoms with E-state index in [1.807, 2.05) is 4.90 Å². The van der Waals surface area contributed by atoms with E-state index in [1.165, 1.54) is 18.6 Å². The fraction of sp³-hybridized carbons (Fsp3) is 0.556. The van der Waals surface area contributed by atoms with Crippen LogP contribution in [-0.4, -0.2) is 35.8 Å². The molecule has 124 valence electrons. The smallest absolute Gasteiger partial charge is 0.228 e. The molecule has 3 rings (SSSR count). The molecular formula is C18H23FN2O2. The van der Waals surface area contributed by atoms with Crippen molar-refractivity contribution in [3.63, 3.8) is 0 Å². The second kappa shape index (κ2) is 6.69. The molecule has 1 aromatic rings. The highest BCUT2D eigenvalue weighted by atomic mass is 19.1. The molecule has 2 amide bonds. The molecule has 0 N–H and O–H groups in total. The minimum absolute atomic E-state index is 0.0555. The van der Waals surface area contributed by atoms with E-state index in [0.717, 1.165) is 25.8 Å². The van der Waals surface area contributed by atoms with Gasteiger partial charge < -0.3 is 9.80 Å². The molecule has 2 atom stereocenters. The van der Waals surface area contributed by atoms with Gasteiger partial charge in [0, 0.05) is 31.2 Å². The quantitative estimate of drug-likeness (QED) is 0.859. The van der Waals surface area contributed by atoms with Gasteiger partial charge in [-0.3, -0.25) is 9.59 Å². The lowest BCUT2D eigenvalue weighted by Crippen LogP contribution is -2.46. The summed E-state index contributed by atoms with van der Waals surface area (Å²) in [5, 5.41) is 0. The second-order valence-electron chi connectivity index (χ2n) is 6.47. The zero-order valence-corrected chi connectivity index (χ0v) is 13.5. The van der Waals surface area contributed by atoms with Crippen LogP contribution in [0, 0.1) is 11.7 Å². The van der Waals surface area contributed by atoms with Gasteiger partial charge >= 0.3 is 0 Å². The summed E-state index contributed by atoms with van der Waals surface area (Å²) < 4.78 is 13.0. The molecule has 2 aliphatic rings. The summed E-state index contributed by atoms with van der Waals surface area (Å²) in [4.78, 5) is 28.7. The number of likely N-dealkylation sites (tertiary alicyclic amines) is 1. The van der Waals surface area contributed by atoms with Crippen molar-refractivity contribution in [1.29, 1.82) is 0 Å². The van der Waals surface area contributed by atoms with Gasteiger partial charge in [0.2, 0.25) is 11.8 Å². The second-order valence-corrected chi connectivity index (χ2v) is 6.47. The Kier molecular flexibility index (Phi) is 4.64. The van der Waals surface area contributed by atoms with E-state index >= 15 is 0 Å². The summed E-state index contributed by atoms with van der Waals surface area (Å²) in [6, 6.07) is 6.18. The maximum atomic E-state index is 13.0. The van der Waals surface area contributed by atoms with E-state index in [1.54, 1.807) is 17.0 Å². The average Bonchev–Trinajstić information content (AvgIpc) is 2.96. The van der Waals surface area contributed by atoms with Crippen molar-refractivity contribution in [2.75, 3.05) is 18.0 Å². The Labute approximate surface area is 136 Å². The van der Waals surface area contributed by atoms with Crippen LogP contribution >= 0.6 is 0 Å². The summed E-state index contributed by atoms with van der Waals surface area (Å²) >= 11 is 0. The highest BCUT2D eigenvalue weighted by Crippen LogP contribution is 2.29. The molecule has 1 aromatic carbocycles. The van der Waals surface area contributed by atoms with Crippen LogP contribution in [0.1, 0.15) is 39.0 Å². The average molecular weight is 318 g/mol. The molecule has 2 fully saturated rings. The fourth-order valence-corrected chi connectivity index (χ4v) is 3.69. The summed E-state index contributed by atoms with van der Waals surface area (Å²) in [6.07, 6.45) is 4.50. The number of carbonyl (C=O) groups is 2. The predicted octanol–water partition coefficient (Wildman–Crippen LogP) is 2.97. The Morgan fingerprint density at radius 1 is 1.26 bits per heavy atom. The Morgan fingerprint density at radius 2 is 2.00 bits per heavy atom. The first-order valence-corrected chi connectivity index (χ1v) is 8.46. The van der Waals surface area contributed by atoms with Crippen molar-refractivity contribution in [2.24, 2.45) is 5.92 Å². The van der Waals surface area contributed by atoms with Gasteiger partial charge in [0.25, 0.3) is 0 Å². The van der Waals surface area contributed by atoms with Crippen molar-refractivity contribution < 1.29 is 14.0 Å². The van der Waals surface area contributed by atoms with Crippen LogP contribution in [0.4, 0.5) is 10.1 Å². The Bertz CT molecular complexity index is 587. The highest BCUT2D eigenvalue weighted by Gasteiger charge is 2.39. The molecular weight excluding hydrogens is 295 g/mol. The van der Waals surface area contributed by atoms with E-state index < -0.39 is 0 Å². The highest BCUT2D eigenvalue weighted by molar-refractivity contribution is 6.00. The van der Waals surface area contributed by atoms with E-state index in [4.69, 9.17) is 0 Å². The molecule has 0 bridgehead atoms. The van der Waals surface area contributed by atoms with Gasteiger partial charge in [0.1, 0.15) is 5.82 Å². The zero-order chi connectivity index (χ0) is 16.4. The number of carbonyl (C=O) groups excluding carboxylic acids is 2. The number of hydrogen-bond donors (Lipinski definition) is 0. The van der Waals surface area contributed by atoms with Gasteiger partial charge in [-0.05, 0) is 49.9 Å². The van der Waals surface area contributed by atoms with Gasteiger partial charge in [0.15, 0.2) is 0 Å². The van der Waals surface area contributed by atoms with Crippen molar-refractivity contribution in [3.8, 4) is 0 Å². The van der Waals surface area contributed by atoms with Crippen LogP contribution in [0.3, 0.4) is 0 Å². The molecule has 0 aromatic heterocycles. The third-order valence-corrected chi connectivity index (χ3v) is 4.99. The lowest BCUT2D eigenvalue weighted by atomic mass is 9.97. The fourth-order valence-electron chi connectivity index (χ4n) is 3.69. The molecule has 0 radical (unpaired) electrons. The Morgan fingerprint density at radius 3 is 2.70 bits per heavy atom.